The predicted molar refractivity (Wildman–Crippen MR) is 101 cm³/mol. The van der Waals surface area contributed by atoms with Gasteiger partial charge in [-0.3, -0.25) is 0 Å². The van der Waals surface area contributed by atoms with Crippen LogP contribution >= 0.6 is 61.5 Å². The summed E-state index contributed by atoms with van der Waals surface area (Å²) in [4.78, 5) is 1.32. The second-order valence-corrected chi connectivity index (χ2v) is 8.66. The zero-order chi connectivity index (χ0) is 14.7. The Kier molecular flexibility index (Phi) is 6.35. The number of hydrogen-bond acceptors (Lipinski definition) is 2. The summed E-state index contributed by atoms with van der Waals surface area (Å²) < 4.78 is 2.44. The normalized spacial score (nSPS) is 12.7. The molecule has 5 heteroatoms. The Bertz CT molecular complexity index is 580. The van der Waals surface area contributed by atoms with E-state index < -0.39 is 0 Å². The van der Waals surface area contributed by atoms with Gasteiger partial charge >= 0.3 is 0 Å². The minimum absolute atomic E-state index is 0.204. The fourth-order valence-corrected chi connectivity index (χ4v) is 4.51. The molecule has 0 radical (unpaired) electrons. The molecular weight excluding hydrogens is 469 g/mol. The van der Waals surface area contributed by atoms with Gasteiger partial charge in [-0.2, -0.15) is 0 Å². The summed E-state index contributed by atoms with van der Waals surface area (Å²) in [5.41, 5.74) is 2.53. The molecule has 0 saturated heterocycles. The molecule has 20 heavy (non-hydrogen) atoms. The summed E-state index contributed by atoms with van der Waals surface area (Å²) in [6.07, 6.45) is 1.11. The highest BCUT2D eigenvalue weighted by molar-refractivity contribution is 14.1. The van der Waals surface area contributed by atoms with Gasteiger partial charge in [-0.05, 0) is 93.8 Å². The van der Waals surface area contributed by atoms with Crippen molar-refractivity contribution >= 4 is 61.5 Å². The summed E-state index contributed by atoms with van der Waals surface area (Å²) >= 11 is 14.0. The molecule has 1 nitrogen and oxygen atoms in total. The van der Waals surface area contributed by atoms with Crippen LogP contribution in [0.3, 0.4) is 0 Å². The van der Waals surface area contributed by atoms with E-state index >= 15 is 0 Å². The number of hydrogen-bond donors (Lipinski definition) is 1. The van der Waals surface area contributed by atoms with Crippen LogP contribution in [0.1, 0.15) is 35.4 Å². The van der Waals surface area contributed by atoms with Gasteiger partial charge in [0.1, 0.15) is 0 Å². The van der Waals surface area contributed by atoms with E-state index in [2.05, 4.69) is 75.9 Å². The van der Waals surface area contributed by atoms with Crippen LogP contribution < -0.4 is 5.32 Å². The molecule has 0 fully saturated rings. The fourth-order valence-electron chi connectivity index (χ4n) is 2.01. The summed E-state index contributed by atoms with van der Waals surface area (Å²) in [5, 5.41) is 4.42. The van der Waals surface area contributed by atoms with Gasteiger partial charge in [0.15, 0.2) is 0 Å². The maximum atomic E-state index is 6.18. The van der Waals surface area contributed by atoms with Gasteiger partial charge in [0.25, 0.3) is 0 Å². The Labute approximate surface area is 151 Å². The van der Waals surface area contributed by atoms with Crippen LogP contribution in [0.15, 0.2) is 28.1 Å². The van der Waals surface area contributed by atoms with E-state index in [0.29, 0.717) is 0 Å². The summed E-state index contributed by atoms with van der Waals surface area (Å²) in [5.74, 6) is 0. The number of aryl methyl sites for hydroxylation is 1. The zero-order valence-corrected chi connectivity index (χ0v) is 16.7. The summed E-state index contributed by atoms with van der Waals surface area (Å²) in [6.45, 7) is 5.30. The molecule has 0 spiro atoms. The number of thiophene rings is 1. The molecule has 1 heterocycles. The largest absolute Gasteiger partial charge is 0.306 e. The molecule has 2 rings (SSSR count). The Hall–Kier alpha value is 0.380. The Morgan fingerprint density at radius 2 is 2.15 bits per heavy atom. The lowest BCUT2D eigenvalue weighted by atomic mass is 10.0. The first-order chi connectivity index (χ1) is 9.52. The van der Waals surface area contributed by atoms with Gasteiger partial charge in [0, 0.05) is 13.5 Å². The lowest BCUT2D eigenvalue weighted by Crippen LogP contribution is -2.23. The van der Waals surface area contributed by atoms with E-state index in [9.17, 15) is 0 Å². The summed E-state index contributed by atoms with van der Waals surface area (Å²) in [7, 11) is 0. The number of rotatable bonds is 5. The topological polar surface area (TPSA) is 12.0 Å². The minimum atomic E-state index is 0.204. The van der Waals surface area contributed by atoms with Crippen LogP contribution in [0.2, 0.25) is 5.02 Å². The van der Waals surface area contributed by atoms with Crippen molar-refractivity contribution < 1.29 is 0 Å². The Morgan fingerprint density at radius 1 is 1.40 bits per heavy atom. The lowest BCUT2D eigenvalue weighted by molar-refractivity contribution is 0.604. The molecular formula is C15H16BrClINS. The molecule has 108 valence electrons. The van der Waals surface area contributed by atoms with Crippen molar-refractivity contribution in [1.82, 2.24) is 5.32 Å². The second-order valence-electron chi connectivity index (χ2n) is 4.66. The van der Waals surface area contributed by atoms with Crippen LogP contribution in [0.25, 0.3) is 0 Å². The number of halogens is 3. The molecule has 1 aromatic heterocycles. The van der Waals surface area contributed by atoms with Crippen molar-refractivity contribution in [2.45, 2.75) is 26.3 Å². The van der Waals surface area contributed by atoms with Gasteiger partial charge in [0.05, 0.1) is 9.83 Å². The molecule has 0 aliphatic heterocycles. The first kappa shape index (κ1) is 16.7. The number of nitrogens with one attached hydrogen (secondary N) is 1. The van der Waals surface area contributed by atoms with Crippen molar-refractivity contribution in [2.24, 2.45) is 0 Å². The van der Waals surface area contributed by atoms with Gasteiger partial charge in [-0.25, -0.2) is 0 Å². The highest BCUT2D eigenvalue weighted by atomic mass is 127. The molecule has 2 aromatic rings. The van der Waals surface area contributed by atoms with E-state index in [0.717, 1.165) is 18.0 Å². The highest BCUT2D eigenvalue weighted by Crippen LogP contribution is 2.36. The van der Waals surface area contributed by atoms with Crippen molar-refractivity contribution in [3.63, 3.8) is 0 Å². The quantitative estimate of drug-likeness (QED) is 0.501. The third-order valence-electron chi connectivity index (χ3n) is 3.03. The molecule has 1 N–H and O–H groups in total. The predicted octanol–water partition coefficient (Wildman–Crippen LogP) is 6.17. The van der Waals surface area contributed by atoms with E-state index in [1.807, 2.05) is 6.07 Å². The average Bonchev–Trinajstić information content (AvgIpc) is 2.74. The van der Waals surface area contributed by atoms with Gasteiger partial charge in [0.2, 0.25) is 0 Å². The smallest absolute Gasteiger partial charge is 0.0731 e. The van der Waals surface area contributed by atoms with Crippen molar-refractivity contribution in [3.8, 4) is 0 Å². The second kappa shape index (κ2) is 7.58. The van der Waals surface area contributed by atoms with Crippen molar-refractivity contribution in [1.29, 1.82) is 0 Å². The van der Waals surface area contributed by atoms with Crippen LogP contribution in [-0.2, 0) is 0 Å². The molecule has 0 aliphatic rings. The average molecular weight is 485 g/mol. The monoisotopic (exact) mass is 483 g/mol. The summed E-state index contributed by atoms with van der Waals surface area (Å²) in [6, 6.07) is 8.54. The maximum absolute atomic E-state index is 6.18. The van der Waals surface area contributed by atoms with E-state index in [1.54, 1.807) is 11.3 Å². The zero-order valence-electron chi connectivity index (χ0n) is 11.3. The van der Waals surface area contributed by atoms with Crippen LogP contribution in [0, 0.1) is 10.5 Å². The molecule has 0 bridgehead atoms. The van der Waals surface area contributed by atoms with E-state index in [4.69, 9.17) is 11.6 Å². The van der Waals surface area contributed by atoms with Crippen molar-refractivity contribution in [2.75, 3.05) is 6.54 Å². The van der Waals surface area contributed by atoms with Crippen LogP contribution in [0.5, 0.6) is 0 Å². The number of benzene rings is 1. The Balaban J connectivity index is 2.43. The molecule has 0 saturated carbocycles. The van der Waals surface area contributed by atoms with Crippen LogP contribution in [0.4, 0.5) is 0 Å². The standard InChI is InChI=1S/C15H16BrClINS/c1-3-6-19-14(13-7-9(2)15(16)20-13)11-8-10(17)4-5-12(11)18/h4-5,7-8,14,19H,3,6H2,1-2H3. The molecule has 1 atom stereocenters. The fraction of sp³-hybridized carbons (Fsp3) is 0.333. The lowest BCUT2D eigenvalue weighted by Gasteiger charge is -2.19. The van der Waals surface area contributed by atoms with E-state index in [1.165, 1.54) is 23.4 Å². The van der Waals surface area contributed by atoms with Gasteiger partial charge in [-0.1, -0.05) is 18.5 Å². The van der Waals surface area contributed by atoms with E-state index in [-0.39, 0.29) is 6.04 Å². The molecule has 0 aliphatic carbocycles. The molecule has 1 unspecified atom stereocenters. The Morgan fingerprint density at radius 3 is 2.75 bits per heavy atom. The first-order valence-electron chi connectivity index (χ1n) is 6.47. The minimum Gasteiger partial charge on any atom is -0.306 e. The SMILES string of the molecule is CCCNC(c1cc(C)c(Br)s1)c1cc(Cl)ccc1I. The maximum Gasteiger partial charge on any atom is 0.0731 e. The van der Waals surface area contributed by atoms with Gasteiger partial charge < -0.3 is 5.32 Å². The molecule has 0 amide bonds. The van der Waals surface area contributed by atoms with Gasteiger partial charge in [-0.15, -0.1) is 11.3 Å². The first-order valence-corrected chi connectivity index (χ1v) is 9.53. The van der Waals surface area contributed by atoms with Crippen LogP contribution in [-0.4, -0.2) is 6.54 Å². The third-order valence-corrected chi connectivity index (χ3v) is 6.45. The third kappa shape index (κ3) is 3.97. The highest BCUT2D eigenvalue weighted by Gasteiger charge is 2.19. The van der Waals surface area contributed by atoms with Crippen molar-refractivity contribution in [3.05, 3.63) is 52.6 Å². The molecule has 1 aromatic carbocycles.